The van der Waals surface area contributed by atoms with Crippen molar-refractivity contribution in [3.63, 3.8) is 0 Å². The van der Waals surface area contributed by atoms with E-state index >= 15 is 0 Å². The number of halogens is 2. The minimum Gasteiger partial charge on any atom is -0.369 e. The molecule has 2 N–H and O–H groups in total. The number of unbranched alkanes of at least 4 members (excludes halogenated alkanes) is 6. The number of hydrogen-bond acceptors (Lipinski definition) is 6. The summed E-state index contributed by atoms with van der Waals surface area (Å²) in [6.07, 6.45) is 11.6. The minimum atomic E-state index is 0.699. The van der Waals surface area contributed by atoms with Gasteiger partial charge in [0.1, 0.15) is 24.3 Å². The normalized spacial score (nSPS) is 11.2. The van der Waals surface area contributed by atoms with Gasteiger partial charge < -0.3 is 10.6 Å². The number of nitrogens with zero attached hydrogens (tertiary/aromatic N) is 4. The molecule has 0 aliphatic rings. The van der Waals surface area contributed by atoms with Crippen molar-refractivity contribution in [1.82, 2.24) is 19.9 Å². The van der Waals surface area contributed by atoms with E-state index < -0.39 is 0 Å². The molecule has 4 aromatic rings. The maximum Gasteiger partial charge on any atom is 0.137 e. The fourth-order valence-electron chi connectivity index (χ4n) is 3.89. The van der Waals surface area contributed by atoms with Gasteiger partial charge in [-0.1, -0.05) is 55.3 Å². The van der Waals surface area contributed by atoms with Crippen LogP contribution >= 0.6 is 23.2 Å². The van der Waals surface area contributed by atoms with Gasteiger partial charge in [0.05, 0.1) is 11.0 Å². The van der Waals surface area contributed by atoms with Gasteiger partial charge in [0.2, 0.25) is 0 Å². The Hall–Kier alpha value is -2.70. The summed E-state index contributed by atoms with van der Waals surface area (Å²) >= 11 is 12.2. The van der Waals surface area contributed by atoms with Crippen LogP contribution in [0.15, 0.2) is 49.1 Å². The van der Waals surface area contributed by atoms with Crippen molar-refractivity contribution in [2.24, 2.45) is 0 Å². The van der Waals surface area contributed by atoms with Gasteiger partial charge in [0.25, 0.3) is 0 Å². The van der Waals surface area contributed by atoms with Gasteiger partial charge in [-0.3, -0.25) is 0 Å². The first-order chi connectivity index (χ1) is 16.2. The van der Waals surface area contributed by atoms with Gasteiger partial charge in [-0.15, -0.1) is 0 Å². The summed E-state index contributed by atoms with van der Waals surface area (Å²) in [5.41, 5.74) is 1.81. The van der Waals surface area contributed by atoms with Gasteiger partial charge in [-0.05, 0) is 49.2 Å². The number of hydrogen-bond donors (Lipinski definition) is 2. The molecular formula is C25H28Cl2N6. The van der Waals surface area contributed by atoms with Crippen molar-refractivity contribution in [1.29, 1.82) is 0 Å². The molecule has 0 spiro atoms. The standard InChI is InChI=1S/C25H28Cl2N6/c26-18-8-10-22-20(14-18)24(32-16-30-22)28-12-6-4-2-1-3-5-7-13-29-25-21-15-19(27)9-11-23(21)31-17-33-25/h8-11,14-17H,1-7,12-13H2,(H,28,30,32)(H,29,31,33). The molecule has 4 rings (SSSR count). The Morgan fingerprint density at radius 1 is 0.545 bits per heavy atom. The third kappa shape index (κ3) is 6.65. The third-order valence-electron chi connectivity index (χ3n) is 5.63. The molecule has 33 heavy (non-hydrogen) atoms. The number of fused-ring (bicyclic) bond motifs is 2. The molecule has 0 saturated heterocycles. The second-order valence-corrected chi connectivity index (χ2v) is 8.97. The Morgan fingerprint density at radius 3 is 1.42 bits per heavy atom. The maximum atomic E-state index is 6.12. The van der Waals surface area contributed by atoms with Crippen LogP contribution in [-0.4, -0.2) is 33.0 Å². The highest BCUT2D eigenvalue weighted by Gasteiger charge is 2.05. The quantitative estimate of drug-likeness (QED) is 0.209. The van der Waals surface area contributed by atoms with Crippen LogP contribution in [0.1, 0.15) is 44.9 Å². The second-order valence-electron chi connectivity index (χ2n) is 8.10. The van der Waals surface area contributed by atoms with Crippen LogP contribution in [0.4, 0.5) is 11.6 Å². The molecule has 2 heterocycles. The molecule has 0 unspecified atom stereocenters. The molecule has 6 nitrogen and oxygen atoms in total. The Kier molecular flexibility index (Phi) is 8.50. The average Bonchev–Trinajstić information content (AvgIpc) is 2.82. The monoisotopic (exact) mass is 482 g/mol. The summed E-state index contributed by atoms with van der Waals surface area (Å²) < 4.78 is 0. The molecule has 0 atom stereocenters. The Balaban J connectivity index is 1.07. The van der Waals surface area contributed by atoms with Crippen LogP contribution in [0, 0.1) is 0 Å². The highest BCUT2D eigenvalue weighted by molar-refractivity contribution is 6.31. The van der Waals surface area contributed by atoms with Crippen molar-refractivity contribution in [2.75, 3.05) is 23.7 Å². The molecule has 2 aromatic carbocycles. The summed E-state index contributed by atoms with van der Waals surface area (Å²) in [6, 6.07) is 11.4. The minimum absolute atomic E-state index is 0.699. The molecular weight excluding hydrogens is 455 g/mol. The molecule has 8 heteroatoms. The largest absolute Gasteiger partial charge is 0.369 e. The molecule has 0 aliphatic heterocycles. The Bertz CT molecular complexity index is 1110. The van der Waals surface area contributed by atoms with Crippen molar-refractivity contribution >= 4 is 56.6 Å². The molecule has 0 fully saturated rings. The van der Waals surface area contributed by atoms with Crippen LogP contribution in [0.2, 0.25) is 10.0 Å². The smallest absolute Gasteiger partial charge is 0.137 e. The van der Waals surface area contributed by atoms with E-state index in [2.05, 4.69) is 30.6 Å². The van der Waals surface area contributed by atoms with Gasteiger partial charge in [-0.2, -0.15) is 0 Å². The lowest BCUT2D eigenvalue weighted by atomic mass is 10.1. The topological polar surface area (TPSA) is 75.6 Å². The third-order valence-corrected chi connectivity index (χ3v) is 6.10. The van der Waals surface area contributed by atoms with E-state index in [0.29, 0.717) is 10.0 Å². The van der Waals surface area contributed by atoms with E-state index in [-0.39, 0.29) is 0 Å². The average molecular weight is 483 g/mol. The van der Waals surface area contributed by atoms with Crippen LogP contribution in [0.3, 0.4) is 0 Å². The van der Waals surface area contributed by atoms with Crippen LogP contribution in [0.25, 0.3) is 21.8 Å². The molecule has 0 radical (unpaired) electrons. The van der Waals surface area contributed by atoms with Crippen molar-refractivity contribution in [3.05, 3.63) is 59.1 Å². The fourth-order valence-corrected chi connectivity index (χ4v) is 4.23. The molecule has 2 aromatic heterocycles. The first-order valence-corrected chi connectivity index (χ1v) is 12.2. The highest BCUT2D eigenvalue weighted by atomic mass is 35.5. The maximum absolute atomic E-state index is 6.12. The zero-order chi connectivity index (χ0) is 22.9. The Morgan fingerprint density at radius 2 is 0.970 bits per heavy atom. The number of aromatic nitrogens is 4. The molecule has 0 aliphatic carbocycles. The second kappa shape index (κ2) is 12.0. The highest BCUT2D eigenvalue weighted by Crippen LogP contribution is 2.24. The van der Waals surface area contributed by atoms with Gasteiger partial charge in [0.15, 0.2) is 0 Å². The Labute approximate surface area is 204 Å². The van der Waals surface area contributed by atoms with Crippen molar-refractivity contribution in [2.45, 2.75) is 44.9 Å². The van der Waals surface area contributed by atoms with E-state index in [1.807, 2.05) is 36.4 Å². The van der Waals surface area contributed by atoms with Gasteiger partial charge in [-0.25, -0.2) is 19.9 Å². The molecule has 0 amide bonds. The summed E-state index contributed by atoms with van der Waals surface area (Å²) in [5.74, 6) is 1.71. The predicted octanol–water partition coefficient (Wildman–Crippen LogP) is 7.13. The lowest BCUT2D eigenvalue weighted by Crippen LogP contribution is -2.05. The van der Waals surface area contributed by atoms with E-state index in [9.17, 15) is 0 Å². The lowest BCUT2D eigenvalue weighted by Gasteiger charge is -2.09. The first kappa shape index (κ1) is 23.5. The van der Waals surface area contributed by atoms with Gasteiger partial charge >= 0.3 is 0 Å². The predicted molar refractivity (Wildman–Crippen MR) is 138 cm³/mol. The van der Waals surface area contributed by atoms with Crippen molar-refractivity contribution < 1.29 is 0 Å². The lowest BCUT2D eigenvalue weighted by molar-refractivity contribution is 0.591. The van der Waals surface area contributed by atoms with Crippen molar-refractivity contribution in [3.8, 4) is 0 Å². The number of anilines is 2. The van der Waals surface area contributed by atoms with E-state index in [1.165, 1.54) is 32.1 Å². The summed E-state index contributed by atoms with van der Waals surface area (Å²) in [5, 5.41) is 10.2. The number of nitrogens with one attached hydrogen (secondary N) is 2. The summed E-state index contributed by atoms with van der Waals surface area (Å²) in [4.78, 5) is 17.3. The number of rotatable bonds is 12. The molecule has 172 valence electrons. The fraction of sp³-hybridized carbons (Fsp3) is 0.360. The molecule has 0 bridgehead atoms. The zero-order valence-corrected chi connectivity index (χ0v) is 20.0. The van der Waals surface area contributed by atoms with Crippen LogP contribution in [-0.2, 0) is 0 Å². The van der Waals surface area contributed by atoms with E-state index in [4.69, 9.17) is 23.2 Å². The van der Waals surface area contributed by atoms with E-state index in [0.717, 1.165) is 59.4 Å². The van der Waals surface area contributed by atoms with E-state index in [1.54, 1.807) is 12.7 Å². The SMILES string of the molecule is Clc1ccc2ncnc(NCCCCCCCCCNc3ncnc4ccc(Cl)cc34)c2c1. The first-order valence-electron chi connectivity index (χ1n) is 11.5. The van der Waals surface area contributed by atoms with Crippen LogP contribution < -0.4 is 10.6 Å². The summed E-state index contributed by atoms with van der Waals surface area (Å²) in [6.45, 7) is 1.80. The van der Waals surface area contributed by atoms with Crippen LogP contribution in [0.5, 0.6) is 0 Å². The molecule has 0 saturated carbocycles. The van der Waals surface area contributed by atoms with Gasteiger partial charge in [0, 0.05) is 33.9 Å². The summed E-state index contributed by atoms with van der Waals surface area (Å²) in [7, 11) is 0. The zero-order valence-electron chi connectivity index (χ0n) is 18.5. The number of benzene rings is 2.